The smallest absolute Gasteiger partial charge is 0.330 e. The van der Waals surface area contributed by atoms with Gasteiger partial charge in [-0.15, -0.1) is 6.42 Å². The van der Waals surface area contributed by atoms with E-state index in [-0.39, 0.29) is 5.41 Å². The van der Waals surface area contributed by atoms with Crippen molar-refractivity contribution in [3.05, 3.63) is 29.3 Å². The highest BCUT2D eigenvalue weighted by Crippen LogP contribution is 2.64. The molecule has 0 spiro atoms. The summed E-state index contributed by atoms with van der Waals surface area (Å²) < 4.78 is 5.32. The van der Waals surface area contributed by atoms with Crippen LogP contribution in [-0.4, -0.2) is 34.4 Å². The predicted octanol–water partition coefficient (Wildman–Crippen LogP) is 2.13. The molecule has 28 heavy (non-hydrogen) atoms. The molecule has 0 aromatic heterocycles. The van der Waals surface area contributed by atoms with E-state index in [4.69, 9.17) is 22.0 Å². The Hall–Kier alpha value is -1.87. The monoisotopic (exact) mass is 383 g/mol. The Balaban J connectivity index is 1.57. The van der Waals surface area contributed by atoms with Crippen LogP contribution in [0.3, 0.4) is 0 Å². The number of carbonyl (C=O) groups excluding carboxylic acids is 1. The van der Waals surface area contributed by atoms with Crippen molar-refractivity contribution < 1.29 is 19.7 Å². The third-order valence-corrected chi connectivity index (χ3v) is 7.81. The van der Waals surface area contributed by atoms with Crippen LogP contribution in [0.15, 0.2) is 18.2 Å². The Morgan fingerprint density at radius 1 is 1.39 bits per heavy atom. The normalized spacial score (nSPS) is 37.2. The van der Waals surface area contributed by atoms with Crippen molar-refractivity contribution in [1.29, 1.82) is 0 Å². The van der Waals surface area contributed by atoms with Gasteiger partial charge in [-0.3, -0.25) is 0 Å². The second kappa shape index (κ2) is 6.88. The number of nitrogens with two attached hydrogens (primary N) is 1. The molecule has 3 aliphatic rings. The molecule has 3 aliphatic carbocycles. The molecule has 4 N–H and O–H groups in total. The summed E-state index contributed by atoms with van der Waals surface area (Å²) in [5.41, 5.74) is 6.90. The van der Waals surface area contributed by atoms with Gasteiger partial charge in [-0.05, 0) is 79.5 Å². The fourth-order valence-electron chi connectivity index (χ4n) is 6.14. The van der Waals surface area contributed by atoms with Crippen molar-refractivity contribution in [2.75, 3.05) is 6.61 Å². The van der Waals surface area contributed by atoms with Crippen LogP contribution in [0.2, 0.25) is 0 Å². The summed E-state index contributed by atoms with van der Waals surface area (Å²) in [7, 11) is 0. The van der Waals surface area contributed by atoms with E-state index in [9.17, 15) is 9.90 Å². The Morgan fingerprint density at radius 3 is 2.89 bits per heavy atom. The van der Waals surface area contributed by atoms with Gasteiger partial charge in [0.05, 0.1) is 6.61 Å². The zero-order valence-electron chi connectivity index (χ0n) is 16.4. The summed E-state index contributed by atoms with van der Waals surface area (Å²) >= 11 is 0. The maximum atomic E-state index is 11.8. The molecule has 6 atom stereocenters. The zero-order chi connectivity index (χ0) is 20.1. The fourth-order valence-corrected chi connectivity index (χ4v) is 6.14. The van der Waals surface area contributed by atoms with E-state index in [2.05, 4.69) is 18.9 Å². The zero-order valence-corrected chi connectivity index (χ0v) is 16.4. The second-order valence-electron chi connectivity index (χ2n) is 8.99. The molecule has 1 aromatic carbocycles. The third-order valence-electron chi connectivity index (χ3n) is 7.81. The Morgan fingerprint density at radius 2 is 2.18 bits per heavy atom. The van der Waals surface area contributed by atoms with Gasteiger partial charge in [0, 0.05) is 5.41 Å². The summed E-state index contributed by atoms with van der Waals surface area (Å²) in [6.45, 7) is 1.75. The summed E-state index contributed by atoms with van der Waals surface area (Å²) in [4.78, 5) is 11.8. The predicted molar refractivity (Wildman–Crippen MR) is 106 cm³/mol. The minimum Gasteiger partial charge on any atom is -0.425 e. The number of aryl methyl sites for hydroxylation is 1. The van der Waals surface area contributed by atoms with Crippen LogP contribution in [0.1, 0.15) is 56.1 Å². The molecule has 0 bridgehead atoms. The van der Waals surface area contributed by atoms with Gasteiger partial charge in [-0.1, -0.05) is 18.9 Å². The van der Waals surface area contributed by atoms with Crippen LogP contribution in [0.25, 0.3) is 0 Å². The van der Waals surface area contributed by atoms with Crippen LogP contribution in [0.5, 0.6) is 5.75 Å². The number of ether oxygens (including phenoxy) is 1. The van der Waals surface area contributed by atoms with Crippen molar-refractivity contribution in [3.63, 3.8) is 0 Å². The largest absolute Gasteiger partial charge is 0.425 e. The van der Waals surface area contributed by atoms with Crippen molar-refractivity contribution in [2.24, 2.45) is 23.0 Å². The molecule has 0 heterocycles. The molecule has 150 valence electrons. The SMILES string of the molecule is C#C[C@]1(O)CCC2C3CCc4cc(OC(=O)[C@@H](N)CO)ccc4C3CC[C@@]21C. The third kappa shape index (κ3) is 2.78. The van der Waals surface area contributed by atoms with Crippen LogP contribution in [0, 0.1) is 29.6 Å². The molecule has 5 heteroatoms. The topological polar surface area (TPSA) is 92.8 Å². The first kappa shape index (κ1) is 19.4. The van der Waals surface area contributed by atoms with E-state index in [0.29, 0.717) is 29.9 Å². The quantitative estimate of drug-likeness (QED) is 0.422. The van der Waals surface area contributed by atoms with Crippen LogP contribution in [-0.2, 0) is 11.2 Å². The molecule has 2 saturated carbocycles. The van der Waals surface area contributed by atoms with Gasteiger partial charge in [0.1, 0.15) is 17.4 Å². The van der Waals surface area contributed by atoms with Gasteiger partial charge < -0.3 is 20.7 Å². The molecular weight excluding hydrogens is 354 g/mol. The highest BCUT2D eigenvalue weighted by atomic mass is 16.5. The number of hydrogen-bond donors (Lipinski definition) is 3. The molecule has 2 fully saturated rings. The Labute approximate surface area is 166 Å². The standard InChI is InChI=1S/C23H29NO4/c1-3-23(27)11-9-19-18-6-4-14-12-15(28-21(26)20(24)13-25)5-7-16(14)17(18)8-10-22(19,23)2/h1,5,7,12,17-20,25,27H,4,6,8-11,13,24H2,2H3/t17?,18?,19?,20-,22-,23-/m0/s1. The van der Waals surface area contributed by atoms with Gasteiger partial charge in [0.15, 0.2) is 0 Å². The van der Waals surface area contributed by atoms with Gasteiger partial charge in [0.25, 0.3) is 0 Å². The molecular formula is C23H29NO4. The average Bonchev–Trinajstić information content (AvgIpc) is 2.98. The van der Waals surface area contributed by atoms with E-state index >= 15 is 0 Å². The van der Waals surface area contributed by atoms with E-state index in [1.807, 2.05) is 12.1 Å². The second-order valence-corrected chi connectivity index (χ2v) is 8.99. The van der Waals surface area contributed by atoms with Crippen molar-refractivity contribution in [3.8, 4) is 18.1 Å². The lowest BCUT2D eigenvalue weighted by molar-refractivity contribution is -0.136. The number of rotatable bonds is 3. The number of hydrogen-bond acceptors (Lipinski definition) is 5. The summed E-state index contributed by atoms with van der Waals surface area (Å²) in [5.74, 6) is 4.01. The minimum atomic E-state index is -1.02. The molecule has 0 amide bonds. The highest BCUT2D eigenvalue weighted by molar-refractivity contribution is 5.78. The first-order valence-corrected chi connectivity index (χ1v) is 10.2. The molecule has 5 nitrogen and oxygen atoms in total. The number of terminal acetylenes is 1. The van der Waals surface area contributed by atoms with Crippen molar-refractivity contribution in [1.82, 2.24) is 0 Å². The van der Waals surface area contributed by atoms with E-state index in [1.165, 1.54) is 11.1 Å². The maximum Gasteiger partial charge on any atom is 0.330 e. The highest BCUT2D eigenvalue weighted by Gasteiger charge is 2.61. The number of esters is 1. The average molecular weight is 383 g/mol. The van der Waals surface area contributed by atoms with Gasteiger partial charge >= 0.3 is 5.97 Å². The van der Waals surface area contributed by atoms with Crippen LogP contribution >= 0.6 is 0 Å². The summed E-state index contributed by atoms with van der Waals surface area (Å²) in [5, 5.41) is 20.0. The maximum absolute atomic E-state index is 11.8. The van der Waals surface area contributed by atoms with Gasteiger partial charge in [0.2, 0.25) is 0 Å². The minimum absolute atomic E-state index is 0.198. The lowest BCUT2D eigenvalue weighted by Gasteiger charge is -2.52. The van der Waals surface area contributed by atoms with E-state index in [0.717, 1.165) is 32.1 Å². The number of carbonyl (C=O) groups is 1. The fraction of sp³-hybridized carbons (Fsp3) is 0.609. The Kier molecular flexibility index (Phi) is 4.78. The van der Waals surface area contributed by atoms with Crippen molar-refractivity contribution >= 4 is 5.97 Å². The molecule has 0 aliphatic heterocycles. The number of aliphatic hydroxyl groups excluding tert-OH is 1. The first-order valence-electron chi connectivity index (χ1n) is 10.2. The van der Waals surface area contributed by atoms with Gasteiger partial charge in [-0.25, -0.2) is 4.79 Å². The Bertz CT molecular complexity index is 830. The number of aliphatic hydroxyl groups is 2. The summed E-state index contributed by atoms with van der Waals surface area (Å²) in [6.07, 6.45) is 11.3. The van der Waals surface area contributed by atoms with Crippen molar-refractivity contribution in [2.45, 2.75) is 63.0 Å². The lowest BCUT2D eigenvalue weighted by Crippen LogP contribution is -2.50. The van der Waals surface area contributed by atoms with E-state index in [1.54, 1.807) is 0 Å². The van der Waals surface area contributed by atoms with E-state index < -0.39 is 24.2 Å². The van der Waals surface area contributed by atoms with Crippen LogP contribution < -0.4 is 10.5 Å². The first-order chi connectivity index (χ1) is 13.3. The lowest BCUT2D eigenvalue weighted by atomic mass is 9.53. The molecule has 0 saturated heterocycles. The molecule has 3 unspecified atom stereocenters. The number of benzene rings is 1. The molecule has 1 aromatic rings. The molecule has 4 rings (SSSR count). The number of fused-ring (bicyclic) bond motifs is 5. The molecule has 0 radical (unpaired) electrons. The van der Waals surface area contributed by atoms with Gasteiger partial charge in [-0.2, -0.15) is 0 Å². The van der Waals surface area contributed by atoms with Crippen LogP contribution in [0.4, 0.5) is 0 Å². The summed E-state index contributed by atoms with van der Waals surface area (Å²) in [6, 6.07) is 4.82.